The second-order valence-electron chi connectivity index (χ2n) is 5.22. The largest absolute Gasteiger partial charge is 0.240 e. The number of thiazole rings is 1. The number of benzene rings is 1. The van der Waals surface area contributed by atoms with Gasteiger partial charge >= 0.3 is 0 Å². The lowest BCUT2D eigenvalue weighted by Crippen LogP contribution is -2.10. The first-order valence-corrected chi connectivity index (χ1v) is 8.77. The van der Waals surface area contributed by atoms with Crippen LogP contribution in [-0.4, -0.2) is 13.4 Å². The smallest absolute Gasteiger partial charge is 0.236 e. The van der Waals surface area contributed by atoms with E-state index in [0.717, 1.165) is 15.2 Å². The molecule has 3 nitrogen and oxygen atoms in total. The quantitative estimate of drug-likeness (QED) is 0.795. The minimum Gasteiger partial charge on any atom is -0.240 e. The average Bonchev–Trinajstić information content (AvgIpc) is 2.59. The maximum atomic E-state index is 11.2. The van der Waals surface area contributed by atoms with Gasteiger partial charge in [0.25, 0.3) is 0 Å². The second kappa shape index (κ2) is 4.47. The molecule has 0 atom stereocenters. The summed E-state index contributed by atoms with van der Waals surface area (Å²) in [5.74, 6) is -0.181. The number of para-hydroxylation sites is 1. The van der Waals surface area contributed by atoms with Gasteiger partial charge in [0.1, 0.15) is 0 Å². The molecular weight excluding hydrogens is 290 g/mol. The standard InChI is InChI=1S/C12H14ClNO2S2/c1-12(2,3)11-14-10-8(7-18(13,15)16)5-4-6-9(10)17-11/h4-6H,7H2,1-3H3. The average molecular weight is 304 g/mol. The van der Waals surface area contributed by atoms with Gasteiger partial charge in [0.05, 0.1) is 21.0 Å². The van der Waals surface area contributed by atoms with E-state index in [1.165, 1.54) is 0 Å². The molecule has 1 heterocycles. The Morgan fingerprint density at radius 1 is 1.33 bits per heavy atom. The summed E-state index contributed by atoms with van der Waals surface area (Å²) in [6.07, 6.45) is 0. The van der Waals surface area contributed by atoms with Crippen molar-refractivity contribution >= 4 is 41.3 Å². The minimum absolute atomic E-state index is 0.0409. The molecule has 0 saturated carbocycles. The van der Waals surface area contributed by atoms with Crippen molar-refractivity contribution < 1.29 is 8.42 Å². The van der Waals surface area contributed by atoms with Crippen molar-refractivity contribution in [3.05, 3.63) is 28.8 Å². The number of rotatable bonds is 2. The summed E-state index contributed by atoms with van der Waals surface area (Å²) in [6, 6.07) is 5.55. The zero-order valence-electron chi connectivity index (χ0n) is 10.4. The molecule has 0 aliphatic rings. The van der Waals surface area contributed by atoms with Crippen molar-refractivity contribution in [3.8, 4) is 0 Å². The number of aromatic nitrogens is 1. The van der Waals surface area contributed by atoms with Gasteiger partial charge in [0.15, 0.2) is 0 Å². The second-order valence-corrected chi connectivity index (χ2v) is 9.02. The summed E-state index contributed by atoms with van der Waals surface area (Å²) in [5, 5.41) is 0.997. The summed E-state index contributed by atoms with van der Waals surface area (Å²) in [5.41, 5.74) is 1.37. The van der Waals surface area contributed by atoms with Crippen LogP contribution in [0.1, 0.15) is 31.3 Å². The van der Waals surface area contributed by atoms with Crippen LogP contribution < -0.4 is 0 Å². The van der Waals surface area contributed by atoms with Gasteiger partial charge in [-0.1, -0.05) is 32.9 Å². The van der Waals surface area contributed by atoms with E-state index in [4.69, 9.17) is 10.7 Å². The van der Waals surface area contributed by atoms with E-state index >= 15 is 0 Å². The van der Waals surface area contributed by atoms with Crippen LogP contribution in [0.5, 0.6) is 0 Å². The maximum Gasteiger partial charge on any atom is 0.236 e. The van der Waals surface area contributed by atoms with E-state index < -0.39 is 9.05 Å². The Balaban J connectivity index is 2.60. The molecule has 0 bridgehead atoms. The van der Waals surface area contributed by atoms with E-state index in [1.54, 1.807) is 17.4 Å². The highest BCUT2D eigenvalue weighted by atomic mass is 35.7. The molecule has 0 aliphatic heterocycles. The molecule has 2 rings (SSSR count). The Morgan fingerprint density at radius 2 is 2.00 bits per heavy atom. The Morgan fingerprint density at radius 3 is 2.56 bits per heavy atom. The molecule has 6 heteroatoms. The molecular formula is C12H14ClNO2S2. The fraction of sp³-hybridized carbons (Fsp3) is 0.417. The van der Waals surface area contributed by atoms with Gasteiger partial charge in [-0.3, -0.25) is 0 Å². The van der Waals surface area contributed by atoms with E-state index in [1.807, 2.05) is 12.1 Å². The lowest BCUT2D eigenvalue weighted by molar-refractivity contribution is 0.587. The van der Waals surface area contributed by atoms with Crippen LogP contribution in [0, 0.1) is 0 Å². The van der Waals surface area contributed by atoms with Crippen LogP contribution in [0.4, 0.5) is 0 Å². The zero-order chi connectivity index (χ0) is 13.6. The van der Waals surface area contributed by atoms with Crippen molar-refractivity contribution in [1.29, 1.82) is 0 Å². The molecule has 0 N–H and O–H groups in total. The van der Waals surface area contributed by atoms with Gasteiger partial charge in [-0.15, -0.1) is 11.3 Å². The maximum absolute atomic E-state index is 11.2. The molecule has 18 heavy (non-hydrogen) atoms. The van der Waals surface area contributed by atoms with Crippen LogP contribution in [0.15, 0.2) is 18.2 Å². The Hall–Kier alpha value is -0.650. The molecule has 0 saturated heterocycles. The highest BCUT2D eigenvalue weighted by Gasteiger charge is 2.20. The van der Waals surface area contributed by atoms with Crippen molar-refractivity contribution in [3.63, 3.8) is 0 Å². The summed E-state index contributed by atoms with van der Waals surface area (Å²) in [4.78, 5) is 4.56. The summed E-state index contributed by atoms with van der Waals surface area (Å²) >= 11 is 1.60. The monoisotopic (exact) mass is 303 g/mol. The third-order valence-electron chi connectivity index (χ3n) is 2.47. The fourth-order valence-corrected chi connectivity index (χ4v) is 3.66. The van der Waals surface area contributed by atoms with Crippen LogP contribution in [-0.2, 0) is 20.2 Å². The number of nitrogens with zero attached hydrogens (tertiary/aromatic N) is 1. The molecule has 0 spiro atoms. The van der Waals surface area contributed by atoms with Crippen molar-refractivity contribution in [1.82, 2.24) is 4.98 Å². The molecule has 0 radical (unpaired) electrons. The Kier molecular flexibility index (Phi) is 3.42. The van der Waals surface area contributed by atoms with Crippen LogP contribution in [0.2, 0.25) is 0 Å². The molecule has 98 valence electrons. The Bertz CT molecular complexity index is 684. The molecule has 0 unspecified atom stereocenters. The highest BCUT2D eigenvalue weighted by Crippen LogP contribution is 2.33. The summed E-state index contributed by atoms with van der Waals surface area (Å²) in [7, 11) is 1.75. The van der Waals surface area contributed by atoms with Gasteiger partial charge in [-0.25, -0.2) is 13.4 Å². The normalized spacial score (nSPS) is 13.1. The molecule has 0 fully saturated rings. The van der Waals surface area contributed by atoms with Crippen molar-refractivity contribution in [2.45, 2.75) is 31.9 Å². The van der Waals surface area contributed by atoms with E-state index in [0.29, 0.717) is 5.56 Å². The first kappa shape index (κ1) is 13.8. The number of hydrogen-bond donors (Lipinski definition) is 0. The minimum atomic E-state index is -3.56. The van der Waals surface area contributed by atoms with E-state index in [-0.39, 0.29) is 11.2 Å². The molecule has 1 aromatic carbocycles. The predicted molar refractivity (Wildman–Crippen MR) is 76.8 cm³/mol. The van der Waals surface area contributed by atoms with Gasteiger partial charge in [-0.05, 0) is 11.6 Å². The van der Waals surface area contributed by atoms with Gasteiger partial charge in [0, 0.05) is 16.1 Å². The number of hydrogen-bond acceptors (Lipinski definition) is 4. The lowest BCUT2D eigenvalue weighted by Gasteiger charge is -2.13. The van der Waals surface area contributed by atoms with Gasteiger partial charge in [0.2, 0.25) is 9.05 Å². The summed E-state index contributed by atoms with van der Waals surface area (Å²) < 4.78 is 23.4. The third kappa shape index (κ3) is 3.02. The van der Waals surface area contributed by atoms with Gasteiger partial charge < -0.3 is 0 Å². The molecule has 2 aromatic rings. The highest BCUT2D eigenvalue weighted by molar-refractivity contribution is 8.13. The van der Waals surface area contributed by atoms with E-state index in [9.17, 15) is 8.42 Å². The topological polar surface area (TPSA) is 47.0 Å². The first-order chi connectivity index (χ1) is 8.17. The van der Waals surface area contributed by atoms with Crippen LogP contribution in [0.25, 0.3) is 10.2 Å². The van der Waals surface area contributed by atoms with Gasteiger partial charge in [-0.2, -0.15) is 0 Å². The number of fused-ring (bicyclic) bond motifs is 1. The third-order valence-corrected chi connectivity index (χ3v) is 4.90. The van der Waals surface area contributed by atoms with Crippen LogP contribution in [0.3, 0.4) is 0 Å². The molecule has 1 aromatic heterocycles. The predicted octanol–water partition coefficient (Wildman–Crippen LogP) is 3.66. The van der Waals surface area contributed by atoms with Crippen LogP contribution >= 0.6 is 22.0 Å². The lowest BCUT2D eigenvalue weighted by atomic mass is 9.98. The Labute approximate surface area is 115 Å². The van der Waals surface area contributed by atoms with E-state index in [2.05, 4.69) is 25.8 Å². The fourth-order valence-electron chi connectivity index (χ4n) is 1.63. The first-order valence-electron chi connectivity index (χ1n) is 5.48. The molecule has 0 amide bonds. The van der Waals surface area contributed by atoms with Crippen molar-refractivity contribution in [2.24, 2.45) is 0 Å². The summed E-state index contributed by atoms with van der Waals surface area (Å²) in [6.45, 7) is 6.26. The number of halogens is 1. The van der Waals surface area contributed by atoms with Crippen molar-refractivity contribution in [2.75, 3.05) is 0 Å². The SMILES string of the molecule is CC(C)(C)c1nc2c(CS(=O)(=O)Cl)cccc2s1. The zero-order valence-corrected chi connectivity index (χ0v) is 12.8. The molecule has 0 aliphatic carbocycles.